The Morgan fingerprint density at radius 1 is 1.54 bits per heavy atom. The average molecular weight is 242 g/mol. The number of halogens is 1. The molecule has 0 heterocycles. The highest BCUT2D eigenvalue weighted by Gasteiger charge is 2.12. The van der Waals surface area contributed by atoms with Gasteiger partial charge >= 0.3 is 5.97 Å². The van der Waals surface area contributed by atoms with Crippen molar-refractivity contribution >= 4 is 21.9 Å². The summed E-state index contributed by atoms with van der Waals surface area (Å²) in [5.74, 6) is -1.35. The largest absolute Gasteiger partial charge is 0.507 e. The monoisotopic (exact) mass is 241 g/mol. The van der Waals surface area contributed by atoms with Crippen molar-refractivity contribution in [3.05, 3.63) is 27.7 Å². The van der Waals surface area contributed by atoms with Gasteiger partial charge in [0.1, 0.15) is 11.8 Å². The zero-order valence-corrected chi connectivity index (χ0v) is 7.87. The number of rotatable bonds is 1. The Labute approximate surface area is 82.2 Å². The minimum absolute atomic E-state index is 0.0619. The molecule has 0 aromatic heterocycles. The maximum Gasteiger partial charge on any atom is 0.337 e. The molecule has 1 aromatic rings. The van der Waals surface area contributed by atoms with Crippen molar-refractivity contribution in [3.63, 3.8) is 0 Å². The first kappa shape index (κ1) is 9.55. The summed E-state index contributed by atoms with van der Waals surface area (Å²) in [4.78, 5) is 10.6. The Bertz CT molecular complexity index is 409. The number of nitrogens with zero attached hydrogens (tertiary/aromatic N) is 1. The number of carboxylic acids is 1. The van der Waals surface area contributed by atoms with Crippen molar-refractivity contribution in [2.45, 2.75) is 0 Å². The number of aromatic carboxylic acids is 1. The summed E-state index contributed by atoms with van der Waals surface area (Å²) in [5.41, 5.74) is -0.194. The number of carbonyl (C=O) groups is 1. The van der Waals surface area contributed by atoms with Gasteiger partial charge < -0.3 is 10.2 Å². The van der Waals surface area contributed by atoms with Crippen LogP contribution in [0.3, 0.4) is 0 Å². The topological polar surface area (TPSA) is 81.3 Å². The molecule has 5 heteroatoms. The molecule has 0 saturated carbocycles. The fourth-order valence-corrected chi connectivity index (χ4v) is 1.17. The van der Waals surface area contributed by atoms with Gasteiger partial charge in [-0.15, -0.1) is 0 Å². The molecule has 0 aliphatic rings. The van der Waals surface area contributed by atoms with E-state index < -0.39 is 5.97 Å². The third kappa shape index (κ3) is 1.79. The van der Waals surface area contributed by atoms with Crippen LogP contribution in [-0.2, 0) is 0 Å². The van der Waals surface area contributed by atoms with Gasteiger partial charge in [0.05, 0.1) is 15.6 Å². The number of hydrogen-bond donors (Lipinski definition) is 2. The first-order chi connectivity index (χ1) is 6.06. The second-order valence-electron chi connectivity index (χ2n) is 2.27. The van der Waals surface area contributed by atoms with Crippen LogP contribution in [0.5, 0.6) is 5.75 Å². The fraction of sp³-hybridized carbons (Fsp3) is 0. The van der Waals surface area contributed by atoms with Gasteiger partial charge in [-0.1, -0.05) is 0 Å². The van der Waals surface area contributed by atoms with E-state index in [9.17, 15) is 4.79 Å². The van der Waals surface area contributed by atoms with Gasteiger partial charge in [0, 0.05) is 0 Å². The van der Waals surface area contributed by atoms with E-state index in [0.717, 1.165) is 6.07 Å². The molecule has 0 spiro atoms. The van der Waals surface area contributed by atoms with Gasteiger partial charge in [-0.05, 0) is 28.1 Å². The number of phenols is 1. The van der Waals surface area contributed by atoms with Crippen LogP contribution in [0.4, 0.5) is 0 Å². The molecule has 0 saturated heterocycles. The summed E-state index contributed by atoms with van der Waals surface area (Å²) < 4.78 is 0.254. The summed E-state index contributed by atoms with van der Waals surface area (Å²) in [5, 5.41) is 26.3. The average Bonchev–Trinajstić information content (AvgIpc) is 2.08. The molecule has 0 aliphatic carbocycles. The Hall–Kier alpha value is -1.54. The molecule has 66 valence electrons. The van der Waals surface area contributed by atoms with E-state index in [1.807, 2.05) is 0 Å². The maximum absolute atomic E-state index is 10.6. The molecule has 1 aromatic carbocycles. The van der Waals surface area contributed by atoms with Gasteiger partial charge in [-0.25, -0.2) is 4.79 Å². The lowest BCUT2D eigenvalue weighted by atomic mass is 10.1. The summed E-state index contributed by atoms with van der Waals surface area (Å²) in [6.45, 7) is 0. The zero-order valence-electron chi connectivity index (χ0n) is 6.28. The third-order valence-corrected chi connectivity index (χ3v) is 2.07. The molecule has 0 aliphatic heterocycles. The van der Waals surface area contributed by atoms with E-state index in [4.69, 9.17) is 15.5 Å². The lowest BCUT2D eigenvalue weighted by Crippen LogP contribution is -1.99. The highest BCUT2D eigenvalue weighted by Crippen LogP contribution is 2.27. The molecule has 1 rings (SSSR count). The van der Waals surface area contributed by atoms with Crippen molar-refractivity contribution in [1.29, 1.82) is 5.26 Å². The molecule has 0 fully saturated rings. The Morgan fingerprint density at radius 3 is 2.62 bits per heavy atom. The number of benzene rings is 1. The Balaban J connectivity index is 3.44. The smallest absolute Gasteiger partial charge is 0.337 e. The fourth-order valence-electron chi connectivity index (χ4n) is 0.831. The van der Waals surface area contributed by atoms with Crippen molar-refractivity contribution in [2.24, 2.45) is 0 Å². The normalized spacial score (nSPS) is 9.23. The Morgan fingerprint density at radius 2 is 2.15 bits per heavy atom. The van der Waals surface area contributed by atoms with Crippen LogP contribution in [0, 0.1) is 11.3 Å². The Kier molecular flexibility index (Phi) is 2.54. The lowest BCUT2D eigenvalue weighted by Gasteiger charge is -2.01. The van der Waals surface area contributed by atoms with E-state index >= 15 is 0 Å². The van der Waals surface area contributed by atoms with E-state index in [2.05, 4.69) is 15.9 Å². The van der Waals surface area contributed by atoms with Crippen LogP contribution in [0.2, 0.25) is 0 Å². The summed E-state index contributed by atoms with van der Waals surface area (Å²) in [6, 6.07) is 3.98. The molecule has 4 nitrogen and oxygen atoms in total. The summed E-state index contributed by atoms with van der Waals surface area (Å²) >= 11 is 2.95. The first-order valence-corrected chi connectivity index (χ1v) is 4.01. The van der Waals surface area contributed by atoms with Gasteiger partial charge in [-0.2, -0.15) is 5.26 Å². The molecular formula is C8H4BrNO3. The van der Waals surface area contributed by atoms with E-state index in [1.165, 1.54) is 6.07 Å². The van der Waals surface area contributed by atoms with Crippen LogP contribution in [0.25, 0.3) is 0 Å². The number of hydrogen-bond acceptors (Lipinski definition) is 3. The van der Waals surface area contributed by atoms with Gasteiger partial charge in [0.15, 0.2) is 0 Å². The summed E-state index contributed by atoms with van der Waals surface area (Å²) in [7, 11) is 0. The van der Waals surface area contributed by atoms with Crippen molar-refractivity contribution < 1.29 is 15.0 Å². The predicted octanol–water partition coefficient (Wildman–Crippen LogP) is 1.72. The minimum Gasteiger partial charge on any atom is -0.507 e. The lowest BCUT2D eigenvalue weighted by molar-refractivity contribution is 0.0696. The molecule has 0 atom stereocenters. The number of aromatic hydroxyl groups is 1. The van der Waals surface area contributed by atoms with Crippen LogP contribution in [0.1, 0.15) is 15.9 Å². The van der Waals surface area contributed by atoms with Crippen molar-refractivity contribution in [1.82, 2.24) is 0 Å². The number of nitriles is 1. The number of carboxylic acid groups (broad SMARTS) is 1. The minimum atomic E-state index is -1.20. The summed E-state index contributed by atoms with van der Waals surface area (Å²) in [6.07, 6.45) is 0. The van der Waals surface area contributed by atoms with Crippen LogP contribution >= 0.6 is 15.9 Å². The molecule has 2 N–H and O–H groups in total. The number of phenolic OH excluding ortho intramolecular Hbond substituents is 1. The van der Waals surface area contributed by atoms with Crippen LogP contribution < -0.4 is 0 Å². The maximum atomic E-state index is 10.6. The zero-order chi connectivity index (χ0) is 10.0. The predicted molar refractivity (Wildman–Crippen MR) is 47.5 cm³/mol. The van der Waals surface area contributed by atoms with Gasteiger partial charge in [0.25, 0.3) is 0 Å². The van der Waals surface area contributed by atoms with Gasteiger partial charge in [0.2, 0.25) is 0 Å². The second kappa shape index (κ2) is 3.46. The third-order valence-electron chi connectivity index (χ3n) is 1.44. The first-order valence-electron chi connectivity index (χ1n) is 3.22. The van der Waals surface area contributed by atoms with Crippen LogP contribution in [-0.4, -0.2) is 16.2 Å². The molecule has 0 unspecified atom stereocenters. The molecule has 13 heavy (non-hydrogen) atoms. The quantitative estimate of drug-likeness (QED) is 0.785. The van der Waals surface area contributed by atoms with E-state index in [0.29, 0.717) is 0 Å². The molecule has 0 bridgehead atoms. The molecule has 0 amide bonds. The standard InChI is InChI=1S/C8H4BrNO3/c9-6-2-5(8(12)13)4(3-10)1-7(6)11/h1-2,11H,(H,12,13). The van der Waals surface area contributed by atoms with E-state index in [1.54, 1.807) is 6.07 Å². The molecule has 0 radical (unpaired) electrons. The van der Waals surface area contributed by atoms with Gasteiger partial charge in [-0.3, -0.25) is 0 Å². The van der Waals surface area contributed by atoms with Crippen molar-refractivity contribution in [3.8, 4) is 11.8 Å². The van der Waals surface area contributed by atoms with Crippen LogP contribution in [0.15, 0.2) is 16.6 Å². The SMILES string of the molecule is N#Cc1cc(O)c(Br)cc1C(=O)O. The highest BCUT2D eigenvalue weighted by molar-refractivity contribution is 9.10. The second-order valence-corrected chi connectivity index (χ2v) is 3.12. The van der Waals surface area contributed by atoms with E-state index in [-0.39, 0.29) is 21.3 Å². The highest BCUT2D eigenvalue weighted by atomic mass is 79.9. The van der Waals surface area contributed by atoms with Crippen molar-refractivity contribution in [2.75, 3.05) is 0 Å². The molecular weight excluding hydrogens is 238 g/mol.